The molecule has 3 rings (SSSR count). The molecule has 3 N–H and O–H groups in total. The third-order valence-electron chi connectivity index (χ3n) is 4.47. The van der Waals surface area contributed by atoms with Gasteiger partial charge in [0.05, 0.1) is 26.3 Å². The first-order valence-corrected chi connectivity index (χ1v) is 9.00. The van der Waals surface area contributed by atoms with E-state index in [0.29, 0.717) is 11.5 Å². The van der Waals surface area contributed by atoms with Gasteiger partial charge in [0.2, 0.25) is 5.91 Å². The Kier molecular flexibility index (Phi) is 6.01. The minimum Gasteiger partial charge on any atom is -0.370 e. The molecule has 0 aliphatic carbocycles. The molecule has 1 amide bonds. The van der Waals surface area contributed by atoms with Gasteiger partial charge in [-0.15, -0.1) is 0 Å². The minimum absolute atomic E-state index is 0.207. The van der Waals surface area contributed by atoms with Crippen LogP contribution in [-0.4, -0.2) is 57.0 Å². The van der Waals surface area contributed by atoms with Gasteiger partial charge in [-0.3, -0.25) is 4.79 Å². The molecule has 130 valence electrons. The highest BCUT2D eigenvalue weighted by Gasteiger charge is 2.21. The van der Waals surface area contributed by atoms with Crippen LogP contribution >= 0.6 is 12.2 Å². The monoisotopic (exact) mass is 349 g/mol. The SMILES string of the molecule is O=C1CCCN1c1ccc(NC(=S)NCC[NH+]2CCOCC2)cc1. The Morgan fingerprint density at radius 2 is 2.00 bits per heavy atom. The van der Waals surface area contributed by atoms with Gasteiger partial charge >= 0.3 is 0 Å². The van der Waals surface area contributed by atoms with E-state index in [1.165, 1.54) is 0 Å². The lowest BCUT2D eigenvalue weighted by atomic mass is 10.2. The molecule has 0 radical (unpaired) electrons. The molecule has 0 unspecified atom stereocenters. The summed E-state index contributed by atoms with van der Waals surface area (Å²) in [7, 11) is 0. The predicted molar refractivity (Wildman–Crippen MR) is 98.6 cm³/mol. The van der Waals surface area contributed by atoms with Crippen molar-refractivity contribution in [1.29, 1.82) is 0 Å². The molecule has 2 saturated heterocycles. The summed E-state index contributed by atoms with van der Waals surface area (Å²) in [5.41, 5.74) is 1.89. The summed E-state index contributed by atoms with van der Waals surface area (Å²) >= 11 is 5.34. The first-order valence-electron chi connectivity index (χ1n) is 8.59. The molecule has 2 heterocycles. The van der Waals surface area contributed by atoms with Crippen molar-refractivity contribution in [2.45, 2.75) is 12.8 Å². The lowest BCUT2D eigenvalue weighted by Crippen LogP contribution is -3.14. The van der Waals surface area contributed by atoms with Gasteiger partial charge in [-0.05, 0) is 42.9 Å². The molecular weight excluding hydrogens is 324 g/mol. The van der Waals surface area contributed by atoms with Gasteiger partial charge in [-0.1, -0.05) is 0 Å². The molecule has 0 bridgehead atoms. The molecule has 2 aliphatic heterocycles. The second kappa shape index (κ2) is 8.41. The smallest absolute Gasteiger partial charge is 0.227 e. The maximum absolute atomic E-state index is 11.8. The van der Waals surface area contributed by atoms with Gasteiger partial charge < -0.3 is 25.2 Å². The summed E-state index contributed by atoms with van der Waals surface area (Å²) in [5, 5.41) is 7.07. The second-order valence-electron chi connectivity index (χ2n) is 6.19. The number of anilines is 2. The molecule has 24 heavy (non-hydrogen) atoms. The fraction of sp³-hybridized carbons (Fsp3) is 0.529. The Labute approximate surface area is 148 Å². The van der Waals surface area contributed by atoms with Crippen LogP contribution in [0, 0.1) is 0 Å². The summed E-state index contributed by atoms with van der Waals surface area (Å²) in [6, 6.07) is 7.85. The molecule has 2 aliphatic rings. The van der Waals surface area contributed by atoms with Crippen molar-refractivity contribution >= 4 is 34.6 Å². The van der Waals surface area contributed by atoms with Crippen LogP contribution in [0.25, 0.3) is 0 Å². The standard InChI is InChI=1S/C17H24N4O2S/c22-16-2-1-8-21(16)15-5-3-14(4-6-15)19-17(24)18-7-9-20-10-12-23-13-11-20/h3-6H,1-2,7-13H2,(H2,18,19,24)/p+1. The number of carbonyl (C=O) groups excluding carboxylic acids is 1. The number of morpholine rings is 1. The van der Waals surface area contributed by atoms with E-state index in [-0.39, 0.29) is 5.91 Å². The van der Waals surface area contributed by atoms with Crippen molar-refractivity contribution < 1.29 is 14.4 Å². The zero-order chi connectivity index (χ0) is 16.8. The van der Waals surface area contributed by atoms with Crippen molar-refractivity contribution in [2.75, 3.05) is 56.2 Å². The number of nitrogens with one attached hydrogen (secondary N) is 3. The molecule has 1 aromatic rings. The number of carbonyl (C=O) groups is 1. The molecule has 2 fully saturated rings. The first-order chi connectivity index (χ1) is 11.7. The summed E-state index contributed by atoms with van der Waals surface area (Å²) in [6.07, 6.45) is 1.59. The van der Waals surface area contributed by atoms with E-state index in [2.05, 4.69) is 10.6 Å². The number of benzene rings is 1. The molecule has 0 saturated carbocycles. The molecule has 0 aromatic heterocycles. The van der Waals surface area contributed by atoms with Crippen LogP contribution in [0.1, 0.15) is 12.8 Å². The predicted octanol–water partition coefficient (Wildman–Crippen LogP) is 0.0149. The van der Waals surface area contributed by atoms with Crippen LogP contribution in [0.4, 0.5) is 11.4 Å². The number of hydrogen-bond donors (Lipinski definition) is 3. The van der Waals surface area contributed by atoms with Crippen LogP contribution in [-0.2, 0) is 9.53 Å². The maximum atomic E-state index is 11.8. The van der Waals surface area contributed by atoms with Gasteiger partial charge in [0.25, 0.3) is 0 Å². The van der Waals surface area contributed by atoms with Crippen molar-refractivity contribution in [1.82, 2.24) is 5.32 Å². The molecular formula is C17H25N4O2S+. The lowest BCUT2D eigenvalue weighted by Gasteiger charge is -2.24. The summed E-state index contributed by atoms with van der Waals surface area (Å²) in [5.74, 6) is 0.207. The van der Waals surface area contributed by atoms with Crippen LogP contribution in [0.15, 0.2) is 24.3 Å². The Morgan fingerprint density at radius 3 is 2.67 bits per heavy atom. The van der Waals surface area contributed by atoms with Gasteiger partial charge in [0, 0.05) is 24.3 Å². The van der Waals surface area contributed by atoms with Crippen molar-refractivity contribution in [3.8, 4) is 0 Å². The summed E-state index contributed by atoms with van der Waals surface area (Å²) in [4.78, 5) is 15.1. The van der Waals surface area contributed by atoms with E-state index < -0.39 is 0 Å². The van der Waals surface area contributed by atoms with Crippen LogP contribution < -0.4 is 20.4 Å². The van der Waals surface area contributed by atoms with Crippen molar-refractivity contribution in [3.05, 3.63) is 24.3 Å². The number of quaternary nitrogens is 1. The Hall–Kier alpha value is -1.70. The first kappa shape index (κ1) is 17.1. The fourth-order valence-electron chi connectivity index (χ4n) is 3.08. The third kappa shape index (κ3) is 4.66. The highest BCUT2D eigenvalue weighted by Crippen LogP contribution is 2.22. The van der Waals surface area contributed by atoms with Gasteiger partial charge in [-0.25, -0.2) is 0 Å². The summed E-state index contributed by atoms with van der Waals surface area (Å²) < 4.78 is 5.36. The topological polar surface area (TPSA) is 58.0 Å². The Bertz CT molecular complexity index is 572. The van der Waals surface area contributed by atoms with E-state index >= 15 is 0 Å². The molecule has 7 heteroatoms. The minimum atomic E-state index is 0.207. The lowest BCUT2D eigenvalue weighted by molar-refractivity contribution is -0.906. The van der Waals surface area contributed by atoms with Gasteiger partial charge in [0.1, 0.15) is 13.1 Å². The normalized spacial score (nSPS) is 18.7. The van der Waals surface area contributed by atoms with Crippen LogP contribution in [0.3, 0.4) is 0 Å². The zero-order valence-corrected chi connectivity index (χ0v) is 14.7. The van der Waals surface area contributed by atoms with E-state index in [0.717, 1.165) is 63.7 Å². The number of ether oxygens (including phenoxy) is 1. The van der Waals surface area contributed by atoms with Crippen molar-refractivity contribution in [3.63, 3.8) is 0 Å². The molecule has 0 atom stereocenters. The molecule has 6 nitrogen and oxygen atoms in total. The van der Waals surface area contributed by atoms with E-state index in [1.807, 2.05) is 29.2 Å². The number of nitrogens with zero attached hydrogens (tertiary/aromatic N) is 1. The fourth-order valence-corrected chi connectivity index (χ4v) is 3.30. The Morgan fingerprint density at radius 1 is 1.25 bits per heavy atom. The number of thiocarbonyl (C=S) groups is 1. The highest BCUT2D eigenvalue weighted by molar-refractivity contribution is 7.80. The van der Waals surface area contributed by atoms with Gasteiger partial charge in [-0.2, -0.15) is 0 Å². The van der Waals surface area contributed by atoms with E-state index in [4.69, 9.17) is 17.0 Å². The quantitative estimate of drug-likeness (QED) is 0.654. The number of rotatable bonds is 5. The van der Waals surface area contributed by atoms with Crippen LogP contribution in [0.5, 0.6) is 0 Å². The largest absolute Gasteiger partial charge is 0.370 e. The molecule has 1 aromatic carbocycles. The van der Waals surface area contributed by atoms with E-state index in [9.17, 15) is 4.79 Å². The molecule has 0 spiro atoms. The number of amides is 1. The zero-order valence-electron chi connectivity index (χ0n) is 13.8. The highest BCUT2D eigenvalue weighted by atomic mass is 32.1. The second-order valence-corrected chi connectivity index (χ2v) is 6.60. The van der Waals surface area contributed by atoms with Crippen molar-refractivity contribution in [2.24, 2.45) is 0 Å². The average Bonchev–Trinajstić information content (AvgIpc) is 3.03. The van der Waals surface area contributed by atoms with Gasteiger partial charge in [0.15, 0.2) is 5.11 Å². The number of hydrogen-bond acceptors (Lipinski definition) is 3. The van der Waals surface area contributed by atoms with E-state index in [1.54, 1.807) is 4.90 Å². The average molecular weight is 349 g/mol. The summed E-state index contributed by atoms with van der Waals surface area (Å²) in [6.45, 7) is 6.54. The Balaban J connectivity index is 1.41. The van der Waals surface area contributed by atoms with Crippen LogP contribution in [0.2, 0.25) is 0 Å². The maximum Gasteiger partial charge on any atom is 0.227 e. The third-order valence-corrected chi connectivity index (χ3v) is 4.72.